The Kier molecular flexibility index (Phi) is 3.87. The lowest BCUT2D eigenvalue weighted by molar-refractivity contribution is -0.139. The van der Waals surface area contributed by atoms with Crippen LogP contribution in [0, 0.1) is 0 Å². The molecule has 1 amide bonds. The molecule has 0 aliphatic heterocycles. The van der Waals surface area contributed by atoms with Crippen molar-refractivity contribution in [2.75, 3.05) is 0 Å². The van der Waals surface area contributed by atoms with Crippen molar-refractivity contribution in [2.45, 2.75) is 18.0 Å². The standard InChI is InChI=1S/C9H9F3N2O2S/c10-9(11,12)5-2-1-3-14(8(5)16)7(17)4-6(13)15/h1-3,7,17H,4H2,(H2,13,15). The largest absolute Gasteiger partial charge is 0.421 e. The van der Waals surface area contributed by atoms with Gasteiger partial charge >= 0.3 is 6.18 Å². The third-order valence-electron chi connectivity index (χ3n) is 1.98. The Morgan fingerprint density at radius 3 is 2.59 bits per heavy atom. The number of carbonyl (C=O) groups is 1. The molecule has 0 bridgehead atoms. The second-order valence-corrected chi connectivity index (χ2v) is 3.88. The highest BCUT2D eigenvalue weighted by molar-refractivity contribution is 7.80. The predicted octanol–water partition coefficient (Wildman–Crippen LogP) is 1.17. The number of pyridine rings is 1. The fourth-order valence-corrected chi connectivity index (χ4v) is 1.60. The maximum Gasteiger partial charge on any atom is 0.421 e. The number of halogens is 3. The molecule has 4 nitrogen and oxygen atoms in total. The number of nitrogens with zero attached hydrogens (tertiary/aromatic N) is 1. The fraction of sp³-hybridized carbons (Fsp3) is 0.333. The van der Waals surface area contributed by atoms with Crippen molar-refractivity contribution in [1.82, 2.24) is 4.57 Å². The van der Waals surface area contributed by atoms with Crippen molar-refractivity contribution in [3.05, 3.63) is 34.2 Å². The summed E-state index contributed by atoms with van der Waals surface area (Å²) in [6.07, 6.45) is -3.94. The molecule has 17 heavy (non-hydrogen) atoms. The maximum absolute atomic E-state index is 12.4. The van der Waals surface area contributed by atoms with Crippen LogP contribution in [-0.4, -0.2) is 10.5 Å². The van der Waals surface area contributed by atoms with Crippen LogP contribution in [0.1, 0.15) is 17.4 Å². The lowest BCUT2D eigenvalue weighted by Crippen LogP contribution is -2.30. The van der Waals surface area contributed by atoms with E-state index in [1.807, 2.05) is 0 Å². The summed E-state index contributed by atoms with van der Waals surface area (Å²) in [7, 11) is 0. The quantitative estimate of drug-likeness (QED) is 0.807. The number of hydrogen-bond donors (Lipinski definition) is 2. The highest BCUT2D eigenvalue weighted by atomic mass is 32.1. The number of nitrogens with two attached hydrogens (primary N) is 1. The third kappa shape index (κ3) is 3.26. The lowest BCUT2D eigenvalue weighted by atomic mass is 10.2. The topological polar surface area (TPSA) is 65.1 Å². The molecule has 1 unspecified atom stereocenters. The lowest BCUT2D eigenvalue weighted by Gasteiger charge is -2.14. The SMILES string of the molecule is NC(=O)CC(S)n1cccc(C(F)(F)F)c1=O. The van der Waals surface area contributed by atoms with Crippen LogP contribution in [-0.2, 0) is 11.0 Å². The average Bonchev–Trinajstić information content (AvgIpc) is 2.14. The first-order valence-electron chi connectivity index (χ1n) is 4.48. The van der Waals surface area contributed by atoms with Gasteiger partial charge in [0.15, 0.2) is 0 Å². The monoisotopic (exact) mass is 266 g/mol. The second kappa shape index (κ2) is 4.82. The Hall–Kier alpha value is -1.44. The predicted molar refractivity (Wildman–Crippen MR) is 57.5 cm³/mol. The van der Waals surface area contributed by atoms with E-state index in [9.17, 15) is 22.8 Å². The number of thiol groups is 1. The molecule has 1 atom stereocenters. The molecule has 0 saturated carbocycles. The number of alkyl halides is 3. The minimum atomic E-state index is -4.74. The third-order valence-corrected chi connectivity index (χ3v) is 2.42. The van der Waals surface area contributed by atoms with Gasteiger partial charge in [-0.1, -0.05) is 0 Å². The molecule has 1 aromatic rings. The van der Waals surface area contributed by atoms with Gasteiger partial charge in [-0.05, 0) is 12.1 Å². The molecule has 94 valence electrons. The summed E-state index contributed by atoms with van der Waals surface area (Å²) >= 11 is 3.87. The van der Waals surface area contributed by atoms with Gasteiger partial charge in [-0.3, -0.25) is 9.59 Å². The Morgan fingerprint density at radius 2 is 2.12 bits per heavy atom. The van der Waals surface area contributed by atoms with Gasteiger partial charge in [-0.25, -0.2) is 0 Å². The number of carbonyl (C=O) groups excluding carboxylic acids is 1. The zero-order valence-corrected chi connectivity index (χ0v) is 9.33. The van der Waals surface area contributed by atoms with Crippen LogP contribution in [0.4, 0.5) is 13.2 Å². The summed E-state index contributed by atoms with van der Waals surface area (Å²) in [5.41, 5.74) is 2.33. The number of primary amides is 1. The van der Waals surface area contributed by atoms with Gasteiger partial charge in [0.1, 0.15) is 5.56 Å². The molecule has 0 aliphatic rings. The van der Waals surface area contributed by atoms with Crippen LogP contribution in [0.25, 0.3) is 0 Å². The molecule has 0 aromatic carbocycles. The minimum absolute atomic E-state index is 0.329. The van der Waals surface area contributed by atoms with E-state index in [-0.39, 0.29) is 6.42 Å². The molecule has 1 rings (SSSR count). The molecular weight excluding hydrogens is 257 g/mol. The van der Waals surface area contributed by atoms with E-state index < -0.39 is 28.6 Å². The van der Waals surface area contributed by atoms with Gasteiger partial charge in [0.25, 0.3) is 5.56 Å². The van der Waals surface area contributed by atoms with E-state index in [4.69, 9.17) is 5.73 Å². The summed E-state index contributed by atoms with van der Waals surface area (Å²) in [4.78, 5) is 22.1. The molecule has 0 aliphatic carbocycles. The van der Waals surface area contributed by atoms with Crippen molar-refractivity contribution in [1.29, 1.82) is 0 Å². The van der Waals surface area contributed by atoms with E-state index in [1.165, 1.54) is 0 Å². The highest BCUT2D eigenvalue weighted by Gasteiger charge is 2.34. The summed E-state index contributed by atoms with van der Waals surface area (Å²) in [6.45, 7) is 0. The fourth-order valence-electron chi connectivity index (χ4n) is 1.24. The summed E-state index contributed by atoms with van der Waals surface area (Å²) in [5, 5.41) is -1.01. The minimum Gasteiger partial charge on any atom is -0.370 e. The van der Waals surface area contributed by atoms with Gasteiger partial charge in [0.2, 0.25) is 5.91 Å². The van der Waals surface area contributed by atoms with E-state index in [2.05, 4.69) is 12.6 Å². The van der Waals surface area contributed by atoms with Crippen molar-refractivity contribution in [2.24, 2.45) is 5.73 Å². The van der Waals surface area contributed by atoms with Crippen LogP contribution in [0.5, 0.6) is 0 Å². The van der Waals surface area contributed by atoms with Crippen molar-refractivity contribution < 1.29 is 18.0 Å². The first kappa shape index (κ1) is 13.6. The molecule has 8 heteroatoms. The normalized spacial score (nSPS) is 13.4. The van der Waals surface area contributed by atoms with Gasteiger partial charge in [0, 0.05) is 6.20 Å². The molecule has 1 heterocycles. The maximum atomic E-state index is 12.4. The first-order chi connectivity index (χ1) is 7.73. The number of aromatic nitrogens is 1. The van der Waals surface area contributed by atoms with Gasteiger partial charge in [-0.15, -0.1) is 0 Å². The average molecular weight is 266 g/mol. The summed E-state index contributed by atoms with van der Waals surface area (Å²) in [5.74, 6) is -0.755. The molecule has 1 aromatic heterocycles. The van der Waals surface area contributed by atoms with Crippen LogP contribution in [0.3, 0.4) is 0 Å². The zero-order valence-electron chi connectivity index (χ0n) is 8.44. The van der Waals surface area contributed by atoms with E-state index >= 15 is 0 Å². The number of rotatable bonds is 3. The van der Waals surface area contributed by atoms with E-state index in [1.54, 1.807) is 0 Å². The van der Waals surface area contributed by atoms with Crippen LogP contribution in [0.15, 0.2) is 23.1 Å². The summed E-state index contributed by atoms with van der Waals surface area (Å²) < 4.78 is 38.0. The zero-order chi connectivity index (χ0) is 13.2. The summed E-state index contributed by atoms with van der Waals surface area (Å²) in [6, 6.07) is 1.73. The van der Waals surface area contributed by atoms with Gasteiger partial charge in [0.05, 0.1) is 11.8 Å². The van der Waals surface area contributed by atoms with Crippen molar-refractivity contribution in [3.8, 4) is 0 Å². The van der Waals surface area contributed by atoms with Crippen molar-refractivity contribution in [3.63, 3.8) is 0 Å². The smallest absolute Gasteiger partial charge is 0.370 e. The molecule has 0 radical (unpaired) electrons. The molecule has 0 saturated heterocycles. The Morgan fingerprint density at radius 1 is 1.53 bits per heavy atom. The Labute approximate surface area is 99.6 Å². The molecule has 0 fully saturated rings. The molecular formula is C9H9F3N2O2S. The van der Waals surface area contributed by atoms with Gasteiger partial charge < -0.3 is 10.3 Å². The van der Waals surface area contributed by atoms with Crippen molar-refractivity contribution >= 4 is 18.5 Å². The molecule has 2 N–H and O–H groups in total. The number of hydrogen-bond acceptors (Lipinski definition) is 3. The Bertz CT molecular complexity index is 484. The highest BCUT2D eigenvalue weighted by Crippen LogP contribution is 2.26. The second-order valence-electron chi connectivity index (χ2n) is 3.28. The Balaban J connectivity index is 3.20. The number of amides is 1. The van der Waals surface area contributed by atoms with Crippen LogP contribution in [0.2, 0.25) is 0 Å². The van der Waals surface area contributed by atoms with Gasteiger partial charge in [-0.2, -0.15) is 25.8 Å². The van der Waals surface area contributed by atoms with Crippen LogP contribution >= 0.6 is 12.6 Å². The van der Waals surface area contributed by atoms with Crippen LogP contribution < -0.4 is 11.3 Å². The molecule has 0 spiro atoms. The van der Waals surface area contributed by atoms with E-state index in [0.29, 0.717) is 6.07 Å². The first-order valence-corrected chi connectivity index (χ1v) is 5.00. The van der Waals surface area contributed by atoms with E-state index in [0.717, 1.165) is 16.8 Å².